The highest BCUT2D eigenvalue weighted by molar-refractivity contribution is 7.98. The highest BCUT2D eigenvalue weighted by Gasteiger charge is 2.23. The van der Waals surface area contributed by atoms with Crippen LogP contribution in [-0.2, 0) is 5.75 Å². The van der Waals surface area contributed by atoms with E-state index in [4.69, 9.17) is 23.2 Å². The summed E-state index contributed by atoms with van der Waals surface area (Å²) in [6.07, 6.45) is 0. The van der Waals surface area contributed by atoms with Crippen molar-refractivity contribution in [2.24, 2.45) is 0 Å². The second kappa shape index (κ2) is 10.4. The van der Waals surface area contributed by atoms with E-state index in [1.54, 1.807) is 29.7 Å². The quantitative estimate of drug-likeness (QED) is 0.294. The molecule has 5 nitrogen and oxygen atoms in total. The summed E-state index contributed by atoms with van der Waals surface area (Å²) >= 11 is 14.2. The first-order valence-electron chi connectivity index (χ1n) is 10.1. The fourth-order valence-corrected chi connectivity index (χ4v) is 4.48. The van der Waals surface area contributed by atoms with Crippen LogP contribution >= 0.6 is 35.0 Å². The number of amides is 1. The Morgan fingerprint density at radius 3 is 2.52 bits per heavy atom. The molecule has 0 radical (unpaired) electrons. The number of hydrogen-bond donors (Lipinski definition) is 1. The van der Waals surface area contributed by atoms with Crippen molar-refractivity contribution in [2.45, 2.75) is 23.9 Å². The van der Waals surface area contributed by atoms with Gasteiger partial charge < -0.3 is 5.32 Å². The number of nitrogens with one attached hydrogen (secondary N) is 1. The molecule has 9 heteroatoms. The standard InChI is InChI=1S/C24H19Cl2FN4OS/c1-15(28-23(32)17-7-10-19(27)11-8-17)22-29-30-24(33-14-16-5-3-2-4-6-16)31(22)21-13-18(25)9-12-20(21)26/h2-13,15H,14H2,1H3,(H,28,32). The van der Waals surface area contributed by atoms with Gasteiger partial charge in [0, 0.05) is 16.3 Å². The Hall–Kier alpha value is -2.87. The van der Waals surface area contributed by atoms with Gasteiger partial charge in [0.25, 0.3) is 5.91 Å². The smallest absolute Gasteiger partial charge is 0.251 e. The molecular weight excluding hydrogens is 482 g/mol. The van der Waals surface area contributed by atoms with E-state index in [9.17, 15) is 9.18 Å². The van der Waals surface area contributed by atoms with Gasteiger partial charge in [0.1, 0.15) is 5.82 Å². The summed E-state index contributed by atoms with van der Waals surface area (Å²) in [6, 6.07) is 20.0. The van der Waals surface area contributed by atoms with Crippen LogP contribution in [0.15, 0.2) is 78.0 Å². The lowest BCUT2D eigenvalue weighted by Gasteiger charge is -2.17. The second-order valence-corrected chi connectivity index (χ2v) is 9.03. The van der Waals surface area contributed by atoms with E-state index in [2.05, 4.69) is 15.5 Å². The zero-order valence-corrected chi connectivity index (χ0v) is 19.8. The fourth-order valence-electron chi connectivity index (χ4n) is 3.21. The van der Waals surface area contributed by atoms with Crippen LogP contribution < -0.4 is 5.32 Å². The molecule has 0 spiro atoms. The molecule has 0 saturated heterocycles. The number of thioether (sulfide) groups is 1. The van der Waals surface area contributed by atoms with E-state index in [1.165, 1.54) is 36.0 Å². The molecule has 0 aliphatic rings. The first kappa shape index (κ1) is 23.3. The average Bonchev–Trinajstić information content (AvgIpc) is 3.24. The third-order valence-corrected chi connectivity index (χ3v) is 6.41. The third kappa shape index (κ3) is 5.55. The zero-order chi connectivity index (χ0) is 23.4. The summed E-state index contributed by atoms with van der Waals surface area (Å²) in [5.74, 6) is 0.404. The minimum absolute atomic E-state index is 0.341. The van der Waals surface area contributed by atoms with Gasteiger partial charge in [-0.25, -0.2) is 4.39 Å². The van der Waals surface area contributed by atoms with Crippen molar-refractivity contribution in [3.63, 3.8) is 0 Å². The van der Waals surface area contributed by atoms with Gasteiger partial charge in [0.15, 0.2) is 11.0 Å². The highest BCUT2D eigenvalue weighted by Crippen LogP contribution is 2.32. The molecule has 4 rings (SSSR count). The molecule has 1 amide bonds. The molecule has 1 unspecified atom stereocenters. The Morgan fingerprint density at radius 2 is 1.79 bits per heavy atom. The molecule has 1 aromatic heterocycles. The number of halogens is 3. The maximum Gasteiger partial charge on any atom is 0.251 e. The monoisotopic (exact) mass is 500 g/mol. The highest BCUT2D eigenvalue weighted by atomic mass is 35.5. The van der Waals surface area contributed by atoms with E-state index in [0.29, 0.717) is 38.0 Å². The third-order valence-electron chi connectivity index (χ3n) is 4.86. The van der Waals surface area contributed by atoms with Crippen LogP contribution in [0.5, 0.6) is 0 Å². The SMILES string of the molecule is CC(NC(=O)c1ccc(F)cc1)c1nnc(SCc2ccccc2)n1-c1cc(Cl)ccc1Cl. The Kier molecular flexibility index (Phi) is 7.33. The van der Waals surface area contributed by atoms with Gasteiger partial charge in [0.2, 0.25) is 0 Å². The molecule has 33 heavy (non-hydrogen) atoms. The van der Waals surface area contributed by atoms with Crippen molar-refractivity contribution in [3.8, 4) is 5.69 Å². The van der Waals surface area contributed by atoms with Gasteiger partial charge in [0.05, 0.1) is 16.8 Å². The normalized spacial score (nSPS) is 11.9. The van der Waals surface area contributed by atoms with E-state index in [-0.39, 0.29) is 5.91 Å². The lowest BCUT2D eigenvalue weighted by molar-refractivity contribution is 0.0938. The second-order valence-electron chi connectivity index (χ2n) is 7.25. The molecule has 0 fully saturated rings. The Labute approximate surface area is 204 Å². The van der Waals surface area contributed by atoms with Crippen molar-refractivity contribution >= 4 is 40.9 Å². The van der Waals surface area contributed by atoms with Gasteiger partial charge in [-0.2, -0.15) is 0 Å². The first-order chi connectivity index (χ1) is 15.9. The average molecular weight is 501 g/mol. The molecule has 4 aromatic rings. The van der Waals surface area contributed by atoms with Crippen molar-refractivity contribution in [3.05, 3.63) is 106 Å². The van der Waals surface area contributed by atoms with Gasteiger partial charge in [-0.3, -0.25) is 9.36 Å². The van der Waals surface area contributed by atoms with Crippen LogP contribution in [0.1, 0.15) is 34.7 Å². The van der Waals surface area contributed by atoms with Crippen LogP contribution in [0, 0.1) is 5.82 Å². The van der Waals surface area contributed by atoms with E-state index in [0.717, 1.165) is 5.56 Å². The molecule has 1 atom stereocenters. The summed E-state index contributed by atoms with van der Waals surface area (Å²) in [6.45, 7) is 1.80. The van der Waals surface area contributed by atoms with Gasteiger partial charge in [-0.05, 0) is 55.0 Å². The molecule has 1 heterocycles. The molecule has 0 bridgehead atoms. The molecular formula is C24H19Cl2FN4OS. The number of aromatic nitrogens is 3. The van der Waals surface area contributed by atoms with Crippen LogP contribution in [0.4, 0.5) is 4.39 Å². The summed E-state index contributed by atoms with van der Waals surface area (Å²) in [4.78, 5) is 12.7. The summed E-state index contributed by atoms with van der Waals surface area (Å²) in [5.41, 5.74) is 2.09. The number of rotatable bonds is 7. The van der Waals surface area contributed by atoms with Crippen molar-refractivity contribution in [2.75, 3.05) is 0 Å². The number of nitrogens with zero attached hydrogens (tertiary/aromatic N) is 3. The van der Waals surface area contributed by atoms with E-state index in [1.807, 2.05) is 30.3 Å². The maximum absolute atomic E-state index is 13.2. The number of benzene rings is 3. The summed E-state index contributed by atoms with van der Waals surface area (Å²) in [5, 5.41) is 13.2. The predicted octanol–water partition coefficient (Wildman–Crippen LogP) is 6.50. The molecule has 168 valence electrons. The zero-order valence-electron chi connectivity index (χ0n) is 17.5. The summed E-state index contributed by atoms with van der Waals surface area (Å²) in [7, 11) is 0. The van der Waals surface area contributed by atoms with E-state index < -0.39 is 11.9 Å². The van der Waals surface area contributed by atoms with Crippen molar-refractivity contribution in [1.82, 2.24) is 20.1 Å². The first-order valence-corrected chi connectivity index (χ1v) is 11.8. The minimum Gasteiger partial charge on any atom is -0.342 e. The van der Waals surface area contributed by atoms with Crippen LogP contribution in [0.3, 0.4) is 0 Å². The topological polar surface area (TPSA) is 59.8 Å². The van der Waals surface area contributed by atoms with Gasteiger partial charge >= 0.3 is 0 Å². The maximum atomic E-state index is 13.2. The molecule has 0 aliphatic heterocycles. The largest absolute Gasteiger partial charge is 0.342 e. The Morgan fingerprint density at radius 1 is 1.06 bits per heavy atom. The minimum atomic E-state index is -0.517. The molecule has 0 saturated carbocycles. The molecule has 1 N–H and O–H groups in total. The Bertz CT molecular complexity index is 1270. The summed E-state index contributed by atoms with van der Waals surface area (Å²) < 4.78 is 15.0. The molecule has 0 aliphatic carbocycles. The predicted molar refractivity (Wildman–Crippen MR) is 130 cm³/mol. The van der Waals surface area contributed by atoms with E-state index >= 15 is 0 Å². The van der Waals surface area contributed by atoms with Crippen molar-refractivity contribution in [1.29, 1.82) is 0 Å². The van der Waals surface area contributed by atoms with Crippen LogP contribution in [0.25, 0.3) is 5.69 Å². The van der Waals surface area contributed by atoms with Crippen molar-refractivity contribution < 1.29 is 9.18 Å². The van der Waals surface area contributed by atoms with Gasteiger partial charge in [-0.15, -0.1) is 10.2 Å². The number of carbonyl (C=O) groups is 1. The lowest BCUT2D eigenvalue weighted by Crippen LogP contribution is -2.28. The Balaban J connectivity index is 1.66. The van der Waals surface area contributed by atoms with Crippen LogP contribution in [0.2, 0.25) is 10.0 Å². The molecule has 3 aromatic carbocycles. The number of carbonyl (C=O) groups excluding carboxylic acids is 1. The van der Waals surface area contributed by atoms with Crippen LogP contribution in [-0.4, -0.2) is 20.7 Å². The number of hydrogen-bond acceptors (Lipinski definition) is 4. The lowest BCUT2D eigenvalue weighted by atomic mass is 10.2. The van der Waals surface area contributed by atoms with Gasteiger partial charge in [-0.1, -0.05) is 65.3 Å². The fraction of sp³-hybridized carbons (Fsp3) is 0.125.